The van der Waals surface area contributed by atoms with Crippen molar-refractivity contribution in [2.45, 2.75) is 31.7 Å². The van der Waals surface area contributed by atoms with Crippen LogP contribution in [0.2, 0.25) is 0 Å². The molecule has 0 radical (unpaired) electrons. The second-order valence-electron chi connectivity index (χ2n) is 8.95. The van der Waals surface area contributed by atoms with E-state index in [0.29, 0.717) is 27.9 Å². The quantitative estimate of drug-likeness (QED) is 0.343. The molecule has 5 rings (SSSR count). The summed E-state index contributed by atoms with van der Waals surface area (Å²) in [6.07, 6.45) is 1.58. The lowest BCUT2D eigenvalue weighted by atomic mass is 10.1. The average molecular weight is 499 g/mol. The summed E-state index contributed by atoms with van der Waals surface area (Å²) in [4.78, 5) is 23.0. The van der Waals surface area contributed by atoms with Crippen LogP contribution >= 0.6 is 0 Å². The molecule has 3 aromatic carbocycles. The van der Waals surface area contributed by atoms with E-state index in [9.17, 15) is 13.2 Å². The number of aryl methyl sites for hydroxylation is 2. The minimum atomic E-state index is -3.98. The number of hydrogen-bond acceptors (Lipinski definition) is 5. The highest BCUT2D eigenvalue weighted by atomic mass is 32.2. The van der Waals surface area contributed by atoms with Crippen molar-refractivity contribution in [3.05, 3.63) is 106 Å². The van der Waals surface area contributed by atoms with Gasteiger partial charge in [0.1, 0.15) is 10.7 Å². The molecule has 0 N–H and O–H groups in total. The highest BCUT2D eigenvalue weighted by molar-refractivity contribution is 7.89. The van der Waals surface area contributed by atoms with Gasteiger partial charge >= 0.3 is 0 Å². The summed E-state index contributed by atoms with van der Waals surface area (Å²) in [5.41, 5.74) is 3.30. The largest absolute Gasteiger partial charge is 0.268 e. The van der Waals surface area contributed by atoms with E-state index in [4.69, 9.17) is 4.98 Å². The van der Waals surface area contributed by atoms with Gasteiger partial charge in [-0.1, -0.05) is 48.0 Å². The highest BCUT2D eigenvalue weighted by Gasteiger charge is 2.31. The van der Waals surface area contributed by atoms with Gasteiger partial charge in [-0.3, -0.25) is 14.3 Å². The summed E-state index contributed by atoms with van der Waals surface area (Å²) in [7, 11) is -2.47. The number of aromatic nitrogens is 3. The second kappa shape index (κ2) is 8.96. The first kappa shape index (κ1) is 23.8. The molecule has 2 heterocycles. The van der Waals surface area contributed by atoms with Gasteiger partial charge in [0.15, 0.2) is 0 Å². The molecule has 0 aliphatic carbocycles. The number of nitrogens with zero attached hydrogens (tertiary/aromatic N) is 4. The van der Waals surface area contributed by atoms with E-state index in [1.165, 1.54) is 15.9 Å². The molecule has 5 aromatic rings. The van der Waals surface area contributed by atoms with E-state index in [0.717, 1.165) is 16.5 Å². The summed E-state index contributed by atoms with van der Waals surface area (Å²) < 4.78 is 30.5. The summed E-state index contributed by atoms with van der Waals surface area (Å²) in [6, 6.07) is 20.8. The maximum absolute atomic E-state index is 13.8. The SMILES string of the molecule is Cc1ccc(-n2c(C(C)N(C)S(=O)(=O)c3cccc4cccnc34)nc3ccccc3c2=O)c(C)c1. The van der Waals surface area contributed by atoms with Crippen molar-refractivity contribution in [3.63, 3.8) is 0 Å². The van der Waals surface area contributed by atoms with Crippen molar-refractivity contribution in [1.29, 1.82) is 0 Å². The number of hydrogen-bond donors (Lipinski definition) is 0. The van der Waals surface area contributed by atoms with Gasteiger partial charge in [-0.05, 0) is 56.7 Å². The molecule has 8 heteroatoms. The van der Waals surface area contributed by atoms with Crippen molar-refractivity contribution in [3.8, 4) is 5.69 Å². The third-order valence-electron chi connectivity index (χ3n) is 6.57. The summed E-state index contributed by atoms with van der Waals surface area (Å²) >= 11 is 0. The molecule has 0 saturated carbocycles. The Labute approximate surface area is 209 Å². The van der Waals surface area contributed by atoms with Crippen LogP contribution in [0.3, 0.4) is 0 Å². The van der Waals surface area contributed by atoms with Crippen LogP contribution in [0.25, 0.3) is 27.5 Å². The van der Waals surface area contributed by atoms with Crippen LogP contribution in [0.15, 0.2) is 88.7 Å². The summed E-state index contributed by atoms with van der Waals surface area (Å²) in [6.45, 7) is 5.66. The highest BCUT2D eigenvalue weighted by Crippen LogP contribution is 2.30. The first-order valence-electron chi connectivity index (χ1n) is 11.6. The third-order valence-corrected chi connectivity index (χ3v) is 8.53. The Morgan fingerprint density at radius 1 is 0.944 bits per heavy atom. The standard InChI is InChI=1S/C28H26N4O3S/c1-18-14-15-24(19(2)17-18)32-27(30-23-12-6-5-11-22(23)28(32)33)20(3)31(4)36(34,35)25-13-7-9-21-10-8-16-29-26(21)25/h5-17,20H,1-4H3. The maximum atomic E-state index is 13.8. The average Bonchev–Trinajstić information content (AvgIpc) is 2.88. The number of fused-ring (bicyclic) bond motifs is 2. The van der Waals surface area contributed by atoms with Gasteiger partial charge in [-0.2, -0.15) is 4.31 Å². The Morgan fingerprint density at radius 3 is 2.47 bits per heavy atom. The number of para-hydroxylation sites is 2. The molecule has 1 atom stereocenters. The van der Waals surface area contributed by atoms with Gasteiger partial charge in [0.25, 0.3) is 5.56 Å². The topological polar surface area (TPSA) is 85.2 Å². The van der Waals surface area contributed by atoms with Crippen LogP contribution in [0.1, 0.15) is 29.9 Å². The fourth-order valence-electron chi connectivity index (χ4n) is 4.53. The van der Waals surface area contributed by atoms with E-state index in [-0.39, 0.29) is 10.5 Å². The summed E-state index contributed by atoms with van der Waals surface area (Å²) in [5.74, 6) is 0.338. The van der Waals surface area contributed by atoms with Crippen molar-refractivity contribution in [1.82, 2.24) is 18.8 Å². The predicted molar refractivity (Wildman–Crippen MR) is 142 cm³/mol. The van der Waals surface area contributed by atoms with Gasteiger partial charge in [0.05, 0.1) is 28.1 Å². The molecule has 0 saturated heterocycles. The molecule has 1 unspecified atom stereocenters. The van der Waals surface area contributed by atoms with E-state index >= 15 is 0 Å². The molecular weight excluding hydrogens is 472 g/mol. The molecule has 36 heavy (non-hydrogen) atoms. The van der Waals surface area contributed by atoms with E-state index in [1.54, 1.807) is 49.5 Å². The number of sulfonamides is 1. The Balaban J connectivity index is 1.72. The van der Waals surface area contributed by atoms with Crippen molar-refractivity contribution < 1.29 is 8.42 Å². The van der Waals surface area contributed by atoms with Gasteiger partial charge in [-0.15, -0.1) is 0 Å². The smallest absolute Gasteiger partial charge is 0.266 e. The van der Waals surface area contributed by atoms with E-state index < -0.39 is 16.1 Å². The molecule has 0 spiro atoms. The van der Waals surface area contributed by atoms with Gasteiger partial charge in [-0.25, -0.2) is 13.4 Å². The van der Waals surface area contributed by atoms with E-state index in [1.807, 2.05) is 50.2 Å². The molecular formula is C28H26N4O3S. The third kappa shape index (κ3) is 3.88. The summed E-state index contributed by atoms with van der Waals surface area (Å²) in [5, 5.41) is 1.20. The molecule has 0 amide bonds. The predicted octanol–water partition coefficient (Wildman–Crippen LogP) is 4.93. The Bertz CT molecular complexity index is 1790. The molecule has 7 nitrogen and oxygen atoms in total. The molecule has 0 bridgehead atoms. The number of pyridine rings is 1. The number of rotatable bonds is 5. The van der Waals surface area contributed by atoms with Crippen molar-refractivity contribution in [2.75, 3.05) is 7.05 Å². The molecule has 0 aliphatic rings. The van der Waals surface area contributed by atoms with Crippen LogP contribution in [0.4, 0.5) is 0 Å². The molecule has 182 valence electrons. The lowest BCUT2D eigenvalue weighted by Gasteiger charge is -2.27. The minimum absolute atomic E-state index is 0.108. The van der Waals surface area contributed by atoms with E-state index in [2.05, 4.69) is 4.98 Å². The Kier molecular flexibility index (Phi) is 5.94. The van der Waals surface area contributed by atoms with Gasteiger partial charge < -0.3 is 0 Å². The zero-order valence-electron chi connectivity index (χ0n) is 20.5. The normalized spacial score (nSPS) is 12.9. The Hall–Kier alpha value is -3.88. The lowest BCUT2D eigenvalue weighted by molar-refractivity contribution is 0.379. The monoisotopic (exact) mass is 498 g/mol. The zero-order chi connectivity index (χ0) is 25.6. The molecule has 0 aliphatic heterocycles. The van der Waals surface area contributed by atoms with Crippen LogP contribution in [-0.2, 0) is 10.0 Å². The maximum Gasteiger partial charge on any atom is 0.266 e. The molecule has 2 aromatic heterocycles. The fourth-order valence-corrected chi connectivity index (χ4v) is 6.02. The number of benzene rings is 3. The van der Waals surface area contributed by atoms with Crippen LogP contribution in [0, 0.1) is 13.8 Å². The van der Waals surface area contributed by atoms with Gasteiger partial charge in [0, 0.05) is 18.6 Å². The lowest BCUT2D eigenvalue weighted by Crippen LogP contribution is -2.35. The van der Waals surface area contributed by atoms with Crippen LogP contribution in [0.5, 0.6) is 0 Å². The van der Waals surface area contributed by atoms with Gasteiger partial charge in [0.2, 0.25) is 10.0 Å². The van der Waals surface area contributed by atoms with Crippen molar-refractivity contribution >= 4 is 31.8 Å². The Morgan fingerprint density at radius 2 is 1.69 bits per heavy atom. The fraction of sp³-hybridized carbons (Fsp3) is 0.179. The second-order valence-corrected chi connectivity index (χ2v) is 10.9. The minimum Gasteiger partial charge on any atom is -0.268 e. The first-order valence-corrected chi connectivity index (χ1v) is 13.1. The first-order chi connectivity index (χ1) is 17.2. The van der Waals surface area contributed by atoms with Crippen LogP contribution in [-0.4, -0.2) is 34.3 Å². The van der Waals surface area contributed by atoms with Crippen LogP contribution < -0.4 is 5.56 Å². The molecule has 0 fully saturated rings. The van der Waals surface area contributed by atoms with Crippen molar-refractivity contribution in [2.24, 2.45) is 0 Å². The zero-order valence-corrected chi connectivity index (χ0v) is 21.3.